The van der Waals surface area contributed by atoms with Crippen molar-refractivity contribution in [2.75, 3.05) is 0 Å². The van der Waals surface area contributed by atoms with Crippen molar-refractivity contribution < 1.29 is 0 Å². The molecule has 2 aromatic carbocycles. The van der Waals surface area contributed by atoms with Crippen LogP contribution in [0.1, 0.15) is 48.4 Å². The molecular formula is C19H23Cl. The molecule has 0 bridgehead atoms. The van der Waals surface area contributed by atoms with Crippen LogP contribution < -0.4 is 0 Å². The Morgan fingerprint density at radius 3 is 1.45 bits per heavy atom. The molecule has 0 saturated heterocycles. The van der Waals surface area contributed by atoms with Gasteiger partial charge >= 0.3 is 0 Å². The van der Waals surface area contributed by atoms with Gasteiger partial charge in [-0.05, 0) is 45.2 Å². The van der Waals surface area contributed by atoms with Gasteiger partial charge in [0, 0.05) is 10.8 Å². The average molecular weight is 287 g/mol. The summed E-state index contributed by atoms with van der Waals surface area (Å²) in [6, 6.07) is 17.6. The second-order valence-corrected chi connectivity index (χ2v) is 7.32. The summed E-state index contributed by atoms with van der Waals surface area (Å²) in [6.07, 6.45) is 0.931. The predicted octanol–water partition coefficient (Wildman–Crippen LogP) is 5.84. The van der Waals surface area contributed by atoms with Crippen molar-refractivity contribution in [3.05, 3.63) is 70.8 Å². The molecular weight excluding hydrogens is 264 g/mol. The molecule has 0 aliphatic rings. The molecule has 0 N–H and O–H groups in total. The van der Waals surface area contributed by atoms with Crippen LogP contribution in [0.15, 0.2) is 48.5 Å². The lowest BCUT2D eigenvalue weighted by Crippen LogP contribution is -2.16. The Hall–Kier alpha value is -1.27. The fourth-order valence-corrected chi connectivity index (χ4v) is 2.67. The third-order valence-corrected chi connectivity index (χ3v) is 3.80. The Morgan fingerprint density at radius 2 is 1.15 bits per heavy atom. The van der Waals surface area contributed by atoms with Gasteiger partial charge in [0.25, 0.3) is 0 Å². The van der Waals surface area contributed by atoms with Gasteiger partial charge in [-0.1, -0.05) is 59.7 Å². The van der Waals surface area contributed by atoms with Crippen LogP contribution in [0.3, 0.4) is 0 Å². The molecule has 0 aliphatic carbocycles. The van der Waals surface area contributed by atoms with Crippen molar-refractivity contribution >= 4 is 11.6 Å². The minimum Gasteiger partial charge on any atom is -0.120 e. The van der Waals surface area contributed by atoms with Crippen LogP contribution in [0.4, 0.5) is 0 Å². The quantitative estimate of drug-likeness (QED) is 0.619. The van der Waals surface area contributed by atoms with Gasteiger partial charge in [0.05, 0.1) is 0 Å². The second kappa shape index (κ2) is 6.01. The zero-order valence-electron chi connectivity index (χ0n) is 12.8. The molecule has 2 aromatic rings. The number of hydrogen-bond donors (Lipinski definition) is 0. The molecule has 0 aliphatic heterocycles. The number of aryl methyl sites for hydroxylation is 2. The summed E-state index contributed by atoms with van der Waals surface area (Å²) >= 11 is 6.49. The number of rotatable bonds is 4. The zero-order chi connectivity index (χ0) is 14.8. The van der Waals surface area contributed by atoms with Crippen LogP contribution in [0, 0.1) is 13.8 Å². The van der Waals surface area contributed by atoms with Crippen molar-refractivity contribution in [3.8, 4) is 0 Å². The normalized spacial score (nSPS) is 11.9. The molecule has 0 atom stereocenters. The Labute approximate surface area is 127 Å². The van der Waals surface area contributed by atoms with Gasteiger partial charge in [0.15, 0.2) is 0 Å². The number of alkyl halides is 1. The van der Waals surface area contributed by atoms with Gasteiger partial charge < -0.3 is 0 Å². The fraction of sp³-hybridized carbons (Fsp3) is 0.368. The molecule has 0 nitrogen and oxygen atoms in total. The lowest BCUT2D eigenvalue weighted by molar-refractivity contribution is 0.576. The first-order valence-corrected chi connectivity index (χ1v) is 7.55. The van der Waals surface area contributed by atoms with E-state index >= 15 is 0 Å². The summed E-state index contributed by atoms with van der Waals surface area (Å²) in [5, 5.41) is 0. The van der Waals surface area contributed by atoms with Crippen molar-refractivity contribution in [2.45, 2.75) is 44.9 Å². The topological polar surface area (TPSA) is 0 Å². The molecule has 0 saturated carbocycles. The smallest absolute Gasteiger partial charge is 0.0399 e. The average Bonchev–Trinajstić information content (AvgIpc) is 2.37. The fourth-order valence-electron chi connectivity index (χ4n) is 2.51. The molecule has 0 fully saturated rings. The molecule has 0 unspecified atom stereocenters. The van der Waals surface area contributed by atoms with Gasteiger partial charge in [-0.3, -0.25) is 0 Å². The van der Waals surface area contributed by atoms with E-state index in [0.717, 1.165) is 6.42 Å². The maximum absolute atomic E-state index is 6.49. The Balaban J connectivity index is 2.38. The highest BCUT2D eigenvalue weighted by Gasteiger charge is 2.23. The SMILES string of the molecule is Cc1ccc(C(CC(C)(C)Cl)c2ccc(C)cc2)cc1. The minimum absolute atomic E-state index is 0.208. The number of hydrogen-bond acceptors (Lipinski definition) is 0. The Bertz CT molecular complexity index is 498. The van der Waals surface area contributed by atoms with Crippen molar-refractivity contribution in [1.29, 1.82) is 0 Å². The minimum atomic E-state index is -0.208. The maximum Gasteiger partial charge on any atom is 0.0399 e. The van der Waals surface area contributed by atoms with E-state index < -0.39 is 0 Å². The van der Waals surface area contributed by atoms with E-state index in [2.05, 4.69) is 76.2 Å². The molecule has 0 heterocycles. The highest BCUT2D eigenvalue weighted by atomic mass is 35.5. The van der Waals surface area contributed by atoms with Gasteiger partial charge in [-0.2, -0.15) is 0 Å². The summed E-state index contributed by atoms with van der Waals surface area (Å²) in [4.78, 5) is -0.208. The largest absolute Gasteiger partial charge is 0.120 e. The van der Waals surface area contributed by atoms with Crippen LogP contribution >= 0.6 is 11.6 Å². The van der Waals surface area contributed by atoms with Crippen LogP contribution in [-0.4, -0.2) is 4.87 Å². The summed E-state index contributed by atoms with van der Waals surface area (Å²) in [7, 11) is 0. The van der Waals surface area contributed by atoms with Crippen molar-refractivity contribution in [3.63, 3.8) is 0 Å². The summed E-state index contributed by atoms with van der Waals surface area (Å²) in [5.74, 6) is 0.351. The van der Waals surface area contributed by atoms with Crippen molar-refractivity contribution in [2.24, 2.45) is 0 Å². The Kier molecular flexibility index (Phi) is 4.55. The first-order chi connectivity index (χ1) is 9.35. The molecule has 0 spiro atoms. The van der Waals surface area contributed by atoms with Crippen LogP contribution in [0.25, 0.3) is 0 Å². The van der Waals surface area contributed by atoms with E-state index in [-0.39, 0.29) is 4.87 Å². The third-order valence-electron chi connectivity index (χ3n) is 3.65. The van der Waals surface area contributed by atoms with Gasteiger partial charge in [-0.15, -0.1) is 11.6 Å². The first kappa shape index (κ1) is 15.1. The molecule has 20 heavy (non-hydrogen) atoms. The van der Waals surface area contributed by atoms with Crippen molar-refractivity contribution in [1.82, 2.24) is 0 Å². The Morgan fingerprint density at radius 1 is 0.800 bits per heavy atom. The van der Waals surface area contributed by atoms with Gasteiger partial charge in [0.2, 0.25) is 0 Å². The lowest BCUT2D eigenvalue weighted by Gasteiger charge is -2.25. The van der Waals surface area contributed by atoms with Crippen LogP contribution in [0.2, 0.25) is 0 Å². The molecule has 1 heteroatoms. The van der Waals surface area contributed by atoms with E-state index in [1.165, 1.54) is 22.3 Å². The summed E-state index contributed by atoms with van der Waals surface area (Å²) in [5.41, 5.74) is 5.27. The second-order valence-electron chi connectivity index (χ2n) is 6.30. The molecule has 0 aromatic heterocycles. The monoisotopic (exact) mass is 286 g/mol. The van der Waals surface area contributed by atoms with E-state index in [1.807, 2.05) is 0 Å². The first-order valence-electron chi connectivity index (χ1n) is 7.17. The van der Waals surface area contributed by atoms with Crippen LogP contribution in [0.5, 0.6) is 0 Å². The maximum atomic E-state index is 6.49. The van der Waals surface area contributed by atoms with E-state index in [0.29, 0.717) is 5.92 Å². The van der Waals surface area contributed by atoms with E-state index in [4.69, 9.17) is 11.6 Å². The third kappa shape index (κ3) is 4.11. The summed E-state index contributed by atoms with van der Waals surface area (Å²) in [6.45, 7) is 8.42. The van der Waals surface area contributed by atoms with Gasteiger partial charge in [0.1, 0.15) is 0 Å². The zero-order valence-corrected chi connectivity index (χ0v) is 13.5. The highest BCUT2D eigenvalue weighted by molar-refractivity contribution is 6.23. The highest BCUT2D eigenvalue weighted by Crippen LogP contribution is 2.35. The molecule has 0 radical (unpaired) electrons. The van der Waals surface area contributed by atoms with Crippen LogP contribution in [-0.2, 0) is 0 Å². The van der Waals surface area contributed by atoms with E-state index in [9.17, 15) is 0 Å². The molecule has 0 amide bonds. The predicted molar refractivity (Wildman–Crippen MR) is 88.8 cm³/mol. The van der Waals surface area contributed by atoms with E-state index in [1.54, 1.807) is 0 Å². The molecule has 106 valence electrons. The number of benzene rings is 2. The number of halogens is 1. The van der Waals surface area contributed by atoms with Gasteiger partial charge in [-0.25, -0.2) is 0 Å². The standard InChI is InChI=1S/C19H23Cl/c1-14-5-9-16(10-6-14)18(13-19(3,4)20)17-11-7-15(2)8-12-17/h5-12,18H,13H2,1-4H3. The summed E-state index contributed by atoms with van der Waals surface area (Å²) < 4.78 is 0. The lowest BCUT2D eigenvalue weighted by atomic mass is 9.84. The molecule has 2 rings (SSSR count).